The van der Waals surface area contributed by atoms with E-state index < -0.39 is 5.97 Å². The summed E-state index contributed by atoms with van der Waals surface area (Å²) in [5.41, 5.74) is -0.358. The van der Waals surface area contributed by atoms with Gasteiger partial charge < -0.3 is 9.67 Å². The van der Waals surface area contributed by atoms with Crippen LogP contribution in [0.15, 0.2) is 10.9 Å². The van der Waals surface area contributed by atoms with Gasteiger partial charge in [-0.15, -0.1) is 0 Å². The van der Waals surface area contributed by atoms with E-state index in [4.69, 9.17) is 16.7 Å². The van der Waals surface area contributed by atoms with E-state index >= 15 is 0 Å². The third-order valence-corrected chi connectivity index (χ3v) is 2.83. The highest BCUT2D eigenvalue weighted by molar-refractivity contribution is 14.1. The van der Waals surface area contributed by atoms with Crippen LogP contribution in [0.5, 0.6) is 0 Å². The average molecular weight is 313 g/mol. The maximum Gasteiger partial charge on any atom is 0.339 e. The minimum Gasteiger partial charge on any atom is -0.478 e. The number of carboxylic acid groups (broad SMARTS) is 1. The molecule has 13 heavy (non-hydrogen) atoms. The predicted octanol–water partition coefficient (Wildman–Crippen LogP) is 1.34. The molecular weight excluding hydrogens is 308 g/mol. The summed E-state index contributed by atoms with van der Waals surface area (Å²) in [6, 6.07) is 1.23. The molecule has 6 heteroatoms. The van der Waals surface area contributed by atoms with Crippen molar-refractivity contribution in [3.63, 3.8) is 0 Å². The van der Waals surface area contributed by atoms with Crippen LogP contribution in [0.1, 0.15) is 10.4 Å². The summed E-state index contributed by atoms with van der Waals surface area (Å²) in [5.74, 6) is -1.13. The lowest BCUT2D eigenvalue weighted by Gasteiger charge is -2.05. The standard InChI is InChI=1S/C7H5ClINO3/c1-10-4(11)2-3(9)5(6(10)8)7(12)13/h2H,1H3,(H,12,13). The molecule has 1 rings (SSSR count). The molecule has 0 saturated heterocycles. The fourth-order valence-corrected chi connectivity index (χ4v) is 2.01. The minimum absolute atomic E-state index is 0.0376. The molecule has 0 atom stereocenters. The van der Waals surface area contributed by atoms with Crippen molar-refractivity contribution in [3.05, 3.63) is 30.7 Å². The number of hydrogen-bond acceptors (Lipinski definition) is 2. The van der Waals surface area contributed by atoms with Gasteiger partial charge in [0, 0.05) is 16.7 Å². The molecule has 70 valence electrons. The van der Waals surface area contributed by atoms with E-state index in [2.05, 4.69) is 0 Å². The van der Waals surface area contributed by atoms with E-state index in [1.807, 2.05) is 0 Å². The number of aromatic carboxylic acids is 1. The Balaban J connectivity index is 3.63. The van der Waals surface area contributed by atoms with Crippen LogP contribution < -0.4 is 5.56 Å². The number of rotatable bonds is 1. The smallest absolute Gasteiger partial charge is 0.339 e. The van der Waals surface area contributed by atoms with E-state index in [0.29, 0.717) is 3.57 Å². The number of aromatic nitrogens is 1. The first kappa shape index (κ1) is 10.5. The summed E-state index contributed by atoms with van der Waals surface area (Å²) in [5, 5.41) is 8.71. The predicted molar refractivity (Wildman–Crippen MR) is 56.4 cm³/mol. The third kappa shape index (κ3) is 1.86. The fourth-order valence-electron chi connectivity index (χ4n) is 0.831. The molecule has 4 nitrogen and oxygen atoms in total. The van der Waals surface area contributed by atoms with Gasteiger partial charge in [-0.3, -0.25) is 4.79 Å². The maximum atomic E-state index is 11.1. The van der Waals surface area contributed by atoms with E-state index in [0.717, 1.165) is 4.57 Å². The van der Waals surface area contributed by atoms with Crippen molar-refractivity contribution in [2.45, 2.75) is 0 Å². The zero-order chi connectivity index (χ0) is 10.2. The van der Waals surface area contributed by atoms with Crippen molar-refractivity contribution in [3.8, 4) is 0 Å². The monoisotopic (exact) mass is 313 g/mol. The van der Waals surface area contributed by atoms with Crippen LogP contribution in [0.3, 0.4) is 0 Å². The number of carboxylic acids is 1. The number of carbonyl (C=O) groups is 1. The van der Waals surface area contributed by atoms with Gasteiger partial charge in [-0.05, 0) is 22.6 Å². The van der Waals surface area contributed by atoms with Crippen LogP contribution in [-0.4, -0.2) is 15.6 Å². The van der Waals surface area contributed by atoms with Crippen LogP contribution in [0, 0.1) is 3.57 Å². The molecule has 0 fully saturated rings. The van der Waals surface area contributed by atoms with E-state index in [1.54, 1.807) is 22.6 Å². The number of hydrogen-bond donors (Lipinski definition) is 1. The first-order valence-corrected chi connectivity index (χ1v) is 4.69. The summed E-state index contributed by atoms with van der Waals surface area (Å²) >= 11 is 7.44. The molecule has 0 amide bonds. The first-order valence-electron chi connectivity index (χ1n) is 3.23. The molecule has 0 unspecified atom stereocenters. The Morgan fingerprint density at radius 2 is 2.23 bits per heavy atom. The van der Waals surface area contributed by atoms with Crippen molar-refractivity contribution < 1.29 is 9.90 Å². The molecule has 0 aliphatic rings. The van der Waals surface area contributed by atoms with Crippen LogP contribution >= 0.6 is 34.2 Å². The fraction of sp³-hybridized carbons (Fsp3) is 0.143. The zero-order valence-electron chi connectivity index (χ0n) is 6.54. The zero-order valence-corrected chi connectivity index (χ0v) is 9.46. The Hall–Kier alpha value is -0.560. The topological polar surface area (TPSA) is 59.3 Å². The molecule has 0 radical (unpaired) electrons. The van der Waals surface area contributed by atoms with Crippen LogP contribution in [0.25, 0.3) is 0 Å². The second-order valence-electron chi connectivity index (χ2n) is 2.36. The molecule has 0 aliphatic carbocycles. The molecule has 1 heterocycles. The van der Waals surface area contributed by atoms with E-state index in [1.165, 1.54) is 13.1 Å². The first-order chi connectivity index (χ1) is 5.95. The molecule has 1 aromatic rings. The van der Waals surface area contributed by atoms with Gasteiger partial charge in [0.05, 0.1) is 0 Å². The van der Waals surface area contributed by atoms with Gasteiger partial charge in [-0.2, -0.15) is 0 Å². The Bertz CT molecular complexity index is 426. The summed E-state index contributed by atoms with van der Waals surface area (Å²) in [4.78, 5) is 21.8. The maximum absolute atomic E-state index is 11.1. The summed E-state index contributed by atoms with van der Waals surface area (Å²) < 4.78 is 1.44. The van der Waals surface area contributed by atoms with Crippen molar-refractivity contribution >= 4 is 40.2 Å². The highest BCUT2D eigenvalue weighted by Crippen LogP contribution is 2.18. The van der Waals surface area contributed by atoms with E-state index in [9.17, 15) is 9.59 Å². The van der Waals surface area contributed by atoms with Crippen molar-refractivity contribution in [1.82, 2.24) is 4.57 Å². The largest absolute Gasteiger partial charge is 0.478 e. The van der Waals surface area contributed by atoms with Gasteiger partial charge in [-0.25, -0.2) is 4.79 Å². The molecule has 0 spiro atoms. The number of pyridine rings is 1. The van der Waals surface area contributed by atoms with Gasteiger partial charge in [0.1, 0.15) is 10.7 Å². The minimum atomic E-state index is -1.13. The lowest BCUT2D eigenvalue weighted by atomic mass is 10.3. The Kier molecular flexibility index (Phi) is 2.97. The van der Waals surface area contributed by atoms with Crippen molar-refractivity contribution in [1.29, 1.82) is 0 Å². The van der Waals surface area contributed by atoms with Crippen molar-refractivity contribution in [2.24, 2.45) is 7.05 Å². The molecule has 1 aromatic heterocycles. The molecular formula is C7H5ClINO3. The number of halogens is 2. The summed E-state index contributed by atoms with van der Waals surface area (Å²) in [6.07, 6.45) is 0. The number of nitrogens with zero attached hydrogens (tertiary/aromatic N) is 1. The van der Waals surface area contributed by atoms with Gasteiger partial charge in [-0.1, -0.05) is 11.6 Å². The van der Waals surface area contributed by atoms with Gasteiger partial charge in [0.15, 0.2) is 0 Å². The Labute approximate surface area is 92.3 Å². The molecule has 1 N–H and O–H groups in total. The quantitative estimate of drug-likeness (QED) is 0.629. The SMILES string of the molecule is Cn1c(Cl)c(C(=O)O)c(I)cc1=O. The van der Waals surface area contributed by atoms with Crippen molar-refractivity contribution in [2.75, 3.05) is 0 Å². The van der Waals surface area contributed by atoms with Gasteiger partial charge in [0.2, 0.25) is 0 Å². The normalized spacial score (nSPS) is 10.1. The second kappa shape index (κ2) is 3.67. The summed E-state index contributed by atoms with van der Waals surface area (Å²) in [7, 11) is 1.42. The van der Waals surface area contributed by atoms with E-state index in [-0.39, 0.29) is 16.3 Å². The Morgan fingerprint density at radius 3 is 2.69 bits per heavy atom. The lowest BCUT2D eigenvalue weighted by molar-refractivity contribution is 0.0695. The second-order valence-corrected chi connectivity index (χ2v) is 3.88. The Morgan fingerprint density at radius 1 is 1.69 bits per heavy atom. The third-order valence-electron chi connectivity index (χ3n) is 1.53. The highest BCUT2D eigenvalue weighted by atomic mass is 127. The lowest BCUT2D eigenvalue weighted by Crippen LogP contribution is -2.20. The van der Waals surface area contributed by atoms with Crippen LogP contribution in [-0.2, 0) is 7.05 Å². The molecule has 0 saturated carbocycles. The van der Waals surface area contributed by atoms with Crippen LogP contribution in [0.2, 0.25) is 5.15 Å². The molecule has 0 bridgehead atoms. The summed E-state index contributed by atoms with van der Waals surface area (Å²) in [6.45, 7) is 0. The molecule has 0 aliphatic heterocycles. The molecule has 0 aromatic carbocycles. The van der Waals surface area contributed by atoms with Gasteiger partial charge in [0.25, 0.3) is 5.56 Å². The van der Waals surface area contributed by atoms with Crippen LogP contribution in [0.4, 0.5) is 0 Å². The highest BCUT2D eigenvalue weighted by Gasteiger charge is 2.16. The average Bonchev–Trinajstić information content (AvgIpc) is 1.99. The van der Waals surface area contributed by atoms with Gasteiger partial charge >= 0.3 is 5.97 Å².